The van der Waals surface area contributed by atoms with Gasteiger partial charge in [0.2, 0.25) is 17.7 Å². The third-order valence-electron chi connectivity index (χ3n) is 4.36. The van der Waals surface area contributed by atoms with Crippen LogP contribution in [0.1, 0.15) is 25.7 Å². The van der Waals surface area contributed by atoms with Crippen LogP contribution in [-0.2, 0) is 14.4 Å². The molecule has 2 fully saturated rings. The Hall–Kier alpha value is -1.65. The molecule has 3 rings (SSSR count). The van der Waals surface area contributed by atoms with Gasteiger partial charge in [0.1, 0.15) is 0 Å². The van der Waals surface area contributed by atoms with Crippen molar-refractivity contribution in [2.75, 3.05) is 19.6 Å². The summed E-state index contributed by atoms with van der Waals surface area (Å²) in [6.45, 7) is 1.88. The summed E-state index contributed by atoms with van der Waals surface area (Å²) >= 11 is 0. The van der Waals surface area contributed by atoms with Gasteiger partial charge in [-0.2, -0.15) is 0 Å². The smallest absolute Gasteiger partial charge is 0.233 e. The Kier molecular flexibility index (Phi) is 3.12. The molecule has 2 unspecified atom stereocenters. The van der Waals surface area contributed by atoms with Gasteiger partial charge in [0, 0.05) is 26.1 Å². The number of allylic oxidation sites excluding steroid dienone is 2. The Morgan fingerprint density at radius 2 is 1.68 bits per heavy atom. The zero-order chi connectivity index (χ0) is 13.4. The topological polar surface area (TPSA) is 57.7 Å². The molecule has 5 heteroatoms. The molecule has 2 saturated heterocycles. The Bertz CT molecular complexity index is 428. The number of amides is 3. The number of carbonyl (C=O) groups is 3. The third-order valence-corrected chi connectivity index (χ3v) is 4.36. The van der Waals surface area contributed by atoms with E-state index in [1.807, 2.05) is 12.2 Å². The maximum Gasteiger partial charge on any atom is 0.233 e. The van der Waals surface area contributed by atoms with Crippen LogP contribution in [0, 0.1) is 11.8 Å². The van der Waals surface area contributed by atoms with Gasteiger partial charge in [0.25, 0.3) is 0 Å². The Morgan fingerprint density at radius 1 is 1.11 bits per heavy atom. The lowest BCUT2D eigenvalue weighted by Crippen LogP contribution is -2.44. The highest BCUT2D eigenvalue weighted by molar-refractivity contribution is 6.05. The number of likely N-dealkylation sites (tertiary alicyclic amines) is 2. The van der Waals surface area contributed by atoms with E-state index in [-0.39, 0.29) is 42.5 Å². The molecule has 19 heavy (non-hydrogen) atoms. The van der Waals surface area contributed by atoms with E-state index in [9.17, 15) is 14.4 Å². The molecule has 0 bridgehead atoms. The largest absolute Gasteiger partial charge is 0.343 e. The molecule has 3 aliphatic rings. The number of rotatable bonds is 3. The van der Waals surface area contributed by atoms with E-state index >= 15 is 0 Å². The molecule has 2 atom stereocenters. The van der Waals surface area contributed by atoms with Crippen molar-refractivity contribution in [3.63, 3.8) is 0 Å². The van der Waals surface area contributed by atoms with Crippen LogP contribution in [0.15, 0.2) is 12.2 Å². The molecule has 0 spiro atoms. The average Bonchev–Trinajstić information content (AvgIpc) is 2.59. The zero-order valence-corrected chi connectivity index (χ0v) is 10.9. The van der Waals surface area contributed by atoms with E-state index in [4.69, 9.17) is 0 Å². The molecule has 0 aromatic carbocycles. The van der Waals surface area contributed by atoms with Crippen LogP contribution in [0.4, 0.5) is 0 Å². The molecule has 0 aromatic heterocycles. The monoisotopic (exact) mass is 262 g/mol. The second kappa shape index (κ2) is 4.79. The summed E-state index contributed by atoms with van der Waals surface area (Å²) in [6.07, 6.45) is 6.59. The van der Waals surface area contributed by atoms with Crippen molar-refractivity contribution >= 4 is 17.7 Å². The molecule has 3 amide bonds. The van der Waals surface area contributed by atoms with Crippen molar-refractivity contribution in [2.45, 2.75) is 25.7 Å². The summed E-state index contributed by atoms with van der Waals surface area (Å²) in [5.74, 6) is -0.486. The summed E-state index contributed by atoms with van der Waals surface area (Å²) in [4.78, 5) is 39.2. The first-order valence-corrected chi connectivity index (χ1v) is 6.96. The summed E-state index contributed by atoms with van der Waals surface area (Å²) in [5, 5.41) is 0. The molecule has 1 aliphatic carbocycles. The minimum absolute atomic E-state index is 0.0554. The first-order valence-electron chi connectivity index (χ1n) is 6.96. The SMILES string of the molecule is O=C(CCN1C(=O)C2CC=CCC2C1=O)N1CCC1. The van der Waals surface area contributed by atoms with Gasteiger partial charge in [-0.1, -0.05) is 12.2 Å². The molecule has 0 N–H and O–H groups in total. The first kappa shape index (κ1) is 12.4. The van der Waals surface area contributed by atoms with Gasteiger partial charge in [0.15, 0.2) is 0 Å². The standard InChI is InChI=1S/C14H18N2O3/c17-12(15-7-3-8-15)6-9-16-13(18)10-4-1-2-5-11(10)14(16)19/h1-2,10-11H,3-9H2. The van der Waals surface area contributed by atoms with Crippen LogP contribution < -0.4 is 0 Å². The number of nitrogens with zero attached hydrogens (tertiary/aromatic N) is 2. The van der Waals surface area contributed by atoms with Crippen molar-refractivity contribution in [3.8, 4) is 0 Å². The number of hydrogen-bond acceptors (Lipinski definition) is 3. The van der Waals surface area contributed by atoms with Crippen molar-refractivity contribution in [2.24, 2.45) is 11.8 Å². The maximum absolute atomic E-state index is 12.2. The van der Waals surface area contributed by atoms with Crippen LogP contribution in [0.2, 0.25) is 0 Å². The van der Waals surface area contributed by atoms with Crippen molar-refractivity contribution in [3.05, 3.63) is 12.2 Å². The third kappa shape index (κ3) is 2.07. The fraction of sp³-hybridized carbons (Fsp3) is 0.643. The van der Waals surface area contributed by atoms with Crippen LogP contribution >= 0.6 is 0 Å². The molecule has 2 heterocycles. The van der Waals surface area contributed by atoms with Gasteiger partial charge in [-0.25, -0.2) is 0 Å². The predicted octanol–water partition coefficient (Wildman–Crippen LogP) is 0.560. The number of carbonyl (C=O) groups excluding carboxylic acids is 3. The lowest BCUT2D eigenvalue weighted by Gasteiger charge is -2.31. The number of fused-ring (bicyclic) bond motifs is 1. The number of imide groups is 1. The highest BCUT2D eigenvalue weighted by atomic mass is 16.2. The van der Waals surface area contributed by atoms with Gasteiger partial charge in [-0.05, 0) is 19.3 Å². The fourth-order valence-corrected chi connectivity index (χ4v) is 3.02. The maximum atomic E-state index is 12.2. The molecule has 0 saturated carbocycles. The minimum Gasteiger partial charge on any atom is -0.343 e. The van der Waals surface area contributed by atoms with Crippen molar-refractivity contribution < 1.29 is 14.4 Å². The molecular weight excluding hydrogens is 244 g/mol. The molecule has 0 radical (unpaired) electrons. The average molecular weight is 262 g/mol. The van der Waals surface area contributed by atoms with E-state index in [0.717, 1.165) is 19.5 Å². The molecule has 102 valence electrons. The predicted molar refractivity (Wildman–Crippen MR) is 67.9 cm³/mol. The zero-order valence-electron chi connectivity index (χ0n) is 10.9. The minimum atomic E-state index is -0.184. The van der Waals surface area contributed by atoms with Crippen molar-refractivity contribution in [1.29, 1.82) is 0 Å². The van der Waals surface area contributed by atoms with E-state index < -0.39 is 0 Å². The Balaban J connectivity index is 1.60. The molecular formula is C14H18N2O3. The quantitative estimate of drug-likeness (QED) is 0.551. The second-order valence-corrected chi connectivity index (χ2v) is 5.47. The van der Waals surface area contributed by atoms with Gasteiger partial charge < -0.3 is 4.90 Å². The lowest BCUT2D eigenvalue weighted by molar-refractivity contribution is -0.141. The highest BCUT2D eigenvalue weighted by Gasteiger charge is 2.47. The van der Waals surface area contributed by atoms with Crippen LogP contribution in [0.3, 0.4) is 0 Å². The van der Waals surface area contributed by atoms with E-state index in [0.29, 0.717) is 12.8 Å². The molecule has 0 aromatic rings. The van der Waals surface area contributed by atoms with E-state index in [2.05, 4.69) is 0 Å². The van der Waals surface area contributed by atoms with Gasteiger partial charge in [-0.15, -0.1) is 0 Å². The normalized spacial score (nSPS) is 29.5. The van der Waals surface area contributed by atoms with Gasteiger partial charge >= 0.3 is 0 Å². The van der Waals surface area contributed by atoms with Gasteiger partial charge in [0.05, 0.1) is 11.8 Å². The Morgan fingerprint density at radius 3 is 2.16 bits per heavy atom. The number of hydrogen-bond donors (Lipinski definition) is 0. The summed E-state index contributed by atoms with van der Waals surface area (Å²) in [7, 11) is 0. The van der Waals surface area contributed by atoms with Gasteiger partial charge in [-0.3, -0.25) is 19.3 Å². The van der Waals surface area contributed by atoms with Crippen LogP contribution in [0.25, 0.3) is 0 Å². The van der Waals surface area contributed by atoms with E-state index in [1.54, 1.807) is 4.90 Å². The van der Waals surface area contributed by atoms with E-state index in [1.165, 1.54) is 4.90 Å². The highest BCUT2D eigenvalue weighted by Crippen LogP contribution is 2.35. The summed E-state index contributed by atoms with van der Waals surface area (Å²) in [5.41, 5.74) is 0. The fourth-order valence-electron chi connectivity index (χ4n) is 3.02. The second-order valence-electron chi connectivity index (χ2n) is 5.47. The van der Waals surface area contributed by atoms with Crippen LogP contribution in [0.5, 0.6) is 0 Å². The van der Waals surface area contributed by atoms with Crippen molar-refractivity contribution in [1.82, 2.24) is 9.80 Å². The summed E-state index contributed by atoms with van der Waals surface area (Å²) < 4.78 is 0. The molecule has 2 aliphatic heterocycles. The molecule has 5 nitrogen and oxygen atoms in total. The lowest BCUT2D eigenvalue weighted by atomic mass is 9.85. The Labute approximate surface area is 112 Å². The van der Waals surface area contributed by atoms with Crippen LogP contribution in [-0.4, -0.2) is 47.2 Å². The first-order chi connectivity index (χ1) is 9.18. The summed E-state index contributed by atoms with van der Waals surface area (Å²) in [6, 6.07) is 0.